The van der Waals surface area contributed by atoms with E-state index in [2.05, 4.69) is 4.74 Å². The number of esters is 1. The average molecular weight is 280 g/mol. The number of hydrogen-bond donors (Lipinski definition) is 0. The quantitative estimate of drug-likeness (QED) is 0.467. The maximum atomic E-state index is 11.7. The van der Waals surface area contributed by atoms with Crippen molar-refractivity contribution in [2.45, 2.75) is 6.92 Å². The Bertz CT molecular complexity index is 598. The van der Waals surface area contributed by atoms with E-state index in [0.717, 1.165) is 13.2 Å². The summed E-state index contributed by atoms with van der Waals surface area (Å²) in [6, 6.07) is 2.39. The third-order valence-corrected chi connectivity index (χ3v) is 2.94. The van der Waals surface area contributed by atoms with Crippen molar-refractivity contribution in [1.82, 2.24) is 0 Å². The Balaban J connectivity index is 2.64. The lowest BCUT2D eigenvalue weighted by Crippen LogP contribution is -2.38. The third-order valence-electron chi connectivity index (χ3n) is 2.94. The number of benzene rings is 1. The van der Waals surface area contributed by atoms with E-state index in [-0.39, 0.29) is 23.8 Å². The van der Waals surface area contributed by atoms with Gasteiger partial charge in [-0.3, -0.25) is 14.9 Å². The number of carbonyl (C=O) groups excluding carboxylic acids is 2. The number of methoxy groups -OCH3 is 1. The van der Waals surface area contributed by atoms with Crippen LogP contribution in [0.2, 0.25) is 0 Å². The second-order valence-corrected chi connectivity index (χ2v) is 4.01. The molecule has 2 rings (SSSR count). The Morgan fingerprint density at radius 2 is 2.25 bits per heavy atom. The lowest BCUT2D eigenvalue weighted by Gasteiger charge is -2.28. The first-order valence-corrected chi connectivity index (χ1v) is 5.83. The molecular weight excluding hydrogens is 268 g/mol. The van der Waals surface area contributed by atoms with E-state index in [9.17, 15) is 19.7 Å². The van der Waals surface area contributed by atoms with Crippen molar-refractivity contribution in [2.75, 3.05) is 25.2 Å². The summed E-state index contributed by atoms with van der Waals surface area (Å²) in [5.41, 5.74) is -0.302. The highest BCUT2D eigenvalue weighted by atomic mass is 16.6. The van der Waals surface area contributed by atoms with Gasteiger partial charge < -0.3 is 14.4 Å². The molecule has 1 aliphatic heterocycles. The van der Waals surface area contributed by atoms with Crippen LogP contribution in [0.25, 0.3) is 0 Å². The predicted octanol–water partition coefficient (Wildman–Crippen LogP) is 1.13. The molecule has 0 N–H and O–H groups in total. The number of fused-ring (bicyclic) bond motifs is 1. The lowest BCUT2D eigenvalue weighted by molar-refractivity contribution is -0.385. The minimum absolute atomic E-state index is 0.185. The van der Waals surface area contributed by atoms with Crippen LogP contribution < -0.4 is 9.64 Å². The summed E-state index contributed by atoms with van der Waals surface area (Å²) in [6.07, 6.45) is 0. The molecule has 1 aromatic carbocycles. The standard InChI is InChI=1S/C12H12N2O6/c1-3-13-9-4-7(12(16)19-2)8(14(17)18)5-10(9)20-6-11(13)15/h4-5H,3,6H2,1-2H3. The molecule has 0 atom stereocenters. The molecule has 0 unspecified atom stereocenters. The number of anilines is 1. The Morgan fingerprint density at radius 1 is 1.55 bits per heavy atom. The van der Waals surface area contributed by atoms with Crippen molar-refractivity contribution in [2.24, 2.45) is 0 Å². The summed E-state index contributed by atoms with van der Waals surface area (Å²) < 4.78 is 9.71. The molecule has 0 saturated carbocycles. The van der Waals surface area contributed by atoms with E-state index in [0.29, 0.717) is 12.2 Å². The normalized spacial score (nSPS) is 13.5. The molecule has 1 amide bonds. The van der Waals surface area contributed by atoms with Crippen molar-refractivity contribution in [3.63, 3.8) is 0 Å². The van der Waals surface area contributed by atoms with E-state index in [1.807, 2.05) is 0 Å². The Kier molecular flexibility index (Phi) is 3.55. The first-order chi connectivity index (χ1) is 9.49. The predicted molar refractivity (Wildman–Crippen MR) is 68.0 cm³/mol. The summed E-state index contributed by atoms with van der Waals surface area (Å²) in [7, 11) is 1.13. The number of nitrogens with zero attached hydrogens (tertiary/aromatic N) is 2. The van der Waals surface area contributed by atoms with Crippen molar-refractivity contribution in [1.29, 1.82) is 0 Å². The lowest BCUT2D eigenvalue weighted by atomic mass is 10.1. The van der Waals surface area contributed by atoms with Gasteiger partial charge >= 0.3 is 5.97 Å². The minimum Gasteiger partial charge on any atom is -0.481 e. The molecule has 8 heteroatoms. The molecule has 0 aromatic heterocycles. The highest BCUT2D eigenvalue weighted by Gasteiger charge is 2.31. The highest BCUT2D eigenvalue weighted by Crippen LogP contribution is 2.37. The summed E-state index contributed by atoms with van der Waals surface area (Å²) >= 11 is 0. The third kappa shape index (κ3) is 2.15. The second-order valence-electron chi connectivity index (χ2n) is 4.01. The molecule has 0 spiro atoms. The smallest absolute Gasteiger partial charge is 0.344 e. The van der Waals surface area contributed by atoms with Crippen molar-refractivity contribution < 1.29 is 24.0 Å². The zero-order valence-electron chi connectivity index (χ0n) is 10.9. The van der Waals surface area contributed by atoms with Gasteiger partial charge in [0.25, 0.3) is 11.6 Å². The molecule has 0 bridgehead atoms. The van der Waals surface area contributed by atoms with Gasteiger partial charge in [-0.25, -0.2) is 4.79 Å². The number of hydrogen-bond acceptors (Lipinski definition) is 6. The first-order valence-electron chi connectivity index (χ1n) is 5.83. The van der Waals surface area contributed by atoms with Crippen LogP contribution in [0.4, 0.5) is 11.4 Å². The fraction of sp³-hybridized carbons (Fsp3) is 0.333. The van der Waals surface area contributed by atoms with Gasteiger partial charge in [-0.2, -0.15) is 0 Å². The topological polar surface area (TPSA) is 99.0 Å². The van der Waals surface area contributed by atoms with E-state index < -0.39 is 16.6 Å². The molecule has 106 valence electrons. The van der Waals surface area contributed by atoms with Crippen LogP contribution >= 0.6 is 0 Å². The maximum absolute atomic E-state index is 11.7. The van der Waals surface area contributed by atoms with E-state index >= 15 is 0 Å². The number of carbonyl (C=O) groups is 2. The summed E-state index contributed by atoms with van der Waals surface area (Å²) in [5, 5.41) is 11.0. The molecule has 8 nitrogen and oxygen atoms in total. The molecule has 0 radical (unpaired) electrons. The van der Waals surface area contributed by atoms with Gasteiger partial charge in [0.15, 0.2) is 12.4 Å². The Hall–Kier alpha value is -2.64. The summed E-state index contributed by atoms with van der Waals surface area (Å²) in [4.78, 5) is 35.0. The van der Waals surface area contributed by atoms with E-state index in [1.165, 1.54) is 11.0 Å². The van der Waals surface area contributed by atoms with Crippen LogP contribution in [-0.4, -0.2) is 37.1 Å². The zero-order chi connectivity index (χ0) is 14.9. The fourth-order valence-corrected chi connectivity index (χ4v) is 2.01. The Morgan fingerprint density at radius 3 is 2.80 bits per heavy atom. The van der Waals surface area contributed by atoms with Crippen LogP contribution in [0.3, 0.4) is 0 Å². The van der Waals surface area contributed by atoms with Gasteiger partial charge in [0.1, 0.15) is 5.56 Å². The van der Waals surface area contributed by atoms with Crippen LogP contribution in [0.15, 0.2) is 12.1 Å². The average Bonchev–Trinajstić information content (AvgIpc) is 2.44. The largest absolute Gasteiger partial charge is 0.481 e. The Labute approximate surface area is 114 Å². The van der Waals surface area contributed by atoms with E-state index in [1.54, 1.807) is 6.92 Å². The molecule has 0 saturated heterocycles. The van der Waals surface area contributed by atoms with Gasteiger partial charge in [0.05, 0.1) is 23.8 Å². The van der Waals surface area contributed by atoms with Crippen molar-refractivity contribution in [3.05, 3.63) is 27.8 Å². The second kappa shape index (κ2) is 5.16. The highest BCUT2D eigenvalue weighted by molar-refractivity contribution is 6.02. The molecule has 20 heavy (non-hydrogen) atoms. The van der Waals surface area contributed by atoms with Crippen LogP contribution in [-0.2, 0) is 9.53 Å². The molecule has 0 aliphatic carbocycles. The number of nitro benzene ring substituents is 1. The van der Waals surface area contributed by atoms with Gasteiger partial charge in [0, 0.05) is 6.54 Å². The fourth-order valence-electron chi connectivity index (χ4n) is 2.01. The van der Waals surface area contributed by atoms with Gasteiger partial charge in [-0.05, 0) is 13.0 Å². The molecule has 0 fully saturated rings. The van der Waals surface area contributed by atoms with Gasteiger partial charge in [-0.15, -0.1) is 0 Å². The SMILES string of the molecule is CCN1C(=O)COc2cc([N+](=O)[O-])c(C(=O)OC)cc21. The monoisotopic (exact) mass is 280 g/mol. The zero-order valence-corrected chi connectivity index (χ0v) is 10.9. The molecule has 1 aliphatic rings. The number of ether oxygens (including phenoxy) is 2. The molecule has 1 aromatic rings. The van der Waals surface area contributed by atoms with Crippen molar-refractivity contribution >= 4 is 23.3 Å². The van der Waals surface area contributed by atoms with Gasteiger partial charge in [-0.1, -0.05) is 0 Å². The number of amides is 1. The summed E-state index contributed by atoms with van der Waals surface area (Å²) in [6.45, 7) is 1.94. The summed E-state index contributed by atoms with van der Waals surface area (Å²) in [5.74, 6) is -0.913. The van der Waals surface area contributed by atoms with Crippen LogP contribution in [0.5, 0.6) is 5.75 Å². The van der Waals surface area contributed by atoms with Crippen LogP contribution in [0.1, 0.15) is 17.3 Å². The maximum Gasteiger partial charge on any atom is 0.344 e. The minimum atomic E-state index is -0.839. The molecule has 1 heterocycles. The van der Waals surface area contributed by atoms with Crippen LogP contribution in [0, 0.1) is 10.1 Å². The molecular formula is C12H12N2O6. The number of rotatable bonds is 3. The van der Waals surface area contributed by atoms with Gasteiger partial charge in [0.2, 0.25) is 0 Å². The van der Waals surface area contributed by atoms with E-state index in [4.69, 9.17) is 4.74 Å². The first kappa shape index (κ1) is 13.8. The van der Waals surface area contributed by atoms with Crippen molar-refractivity contribution in [3.8, 4) is 5.75 Å². The number of nitro groups is 1. The number of likely N-dealkylation sites (N-methyl/N-ethyl adjacent to an activating group) is 1.